The van der Waals surface area contributed by atoms with Crippen LogP contribution in [-0.2, 0) is 25.6 Å². The fourth-order valence-corrected chi connectivity index (χ4v) is 5.74. The maximum atomic E-state index is 14.1. The zero-order valence-electron chi connectivity index (χ0n) is 23.7. The molecule has 0 aliphatic carbocycles. The van der Waals surface area contributed by atoms with E-state index in [-0.39, 0.29) is 23.1 Å². The van der Waals surface area contributed by atoms with E-state index in [1.165, 1.54) is 31.9 Å². The van der Waals surface area contributed by atoms with Crippen molar-refractivity contribution >= 4 is 5.91 Å². The molecule has 0 spiro atoms. The smallest absolute Gasteiger partial charge is 0.416 e. The highest BCUT2D eigenvalue weighted by Crippen LogP contribution is 2.33. The van der Waals surface area contributed by atoms with Crippen molar-refractivity contribution in [3.05, 3.63) is 88.5 Å². The van der Waals surface area contributed by atoms with Crippen molar-refractivity contribution in [1.82, 2.24) is 19.7 Å². The zero-order valence-corrected chi connectivity index (χ0v) is 23.7. The van der Waals surface area contributed by atoms with Crippen molar-refractivity contribution in [3.63, 3.8) is 0 Å². The largest absolute Gasteiger partial charge is 0.497 e. The van der Waals surface area contributed by atoms with E-state index in [0.717, 1.165) is 56.0 Å². The van der Waals surface area contributed by atoms with Crippen LogP contribution in [0.3, 0.4) is 0 Å². The number of carbonyl (C=O) groups excluding carboxylic acids is 1. The number of alkyl halides is 3. The number of ether oxygens (including phenoxy) is 2. The van der Waals surface area contributed by atoms with Crippen LogP contribution in [0.15, 0.2) is 54.7 Å². The number of amides is 1. The van der Waals surface area contributed by atoms with Gasteiger partial charge in [-0.1, -0.05) is 12.1 Å². The average molecular weight is 587 g/mol. The number of halogens is 4. The summed E-state index contributed by atoms with van der Waals surface area (Å²) in [6.07, 6.45) is -1.52. The predicted octanol–water partition coefficient (Wildman–Crippen LogP) is 4.68. The maximum Gasteiger partial charge on any atom is 0.416 e. The third-order valence-electron chi connectivity index (χ3n) is 8.01. The minimum Gasteiger partial charge on any atom is -0.497 e. The van der Waals surface area contributed by atoms with E-state index < -0.39 is 23.5 Å². The van der Waals surface area contributed by atoms with Crippen molar-refractivity contribution < 1.29 is 31.8 Å². The summed E-state index contributed by atoms with van der Waals surface area (Å²) in [5.74, 6) is -0.933. The van der Waals surface area contributed by atoms with Crippen LogP contribution in [0, 0.1) is 5.82 Å². The molecule has 11 heteroatoms. The molecule has 1 saturated heterocycles. The fraction of sp³-hybridized carbons (Fsp3) is 0.419. The second-order valence-corrected chi connectivity index (χ2v) is 10.7. The van der Waals surface area contributed by atoms with Gasteiger partial charge in [0.15, 0.2) is 11.6 Å². The van der Waals surface area contributed by atoms with E-state index in [0.29, 0.717) is 26.1 Å². The lowest BCUT2D eigenvalue weighted by molar-refractivity contribution is -0.137. The van der Waals surface area contributed by atoms with Gasteiger partial charge >= 0.3 is 6.18 Å². The van der Waals surface area contributed by atoms with Crippen molar-refractivity contribution in [2.45, 2.75) is 31.6 Å². The molecule has 3 heterocycles. The van der Waals surface area contributed by atoms with Crippen LogP contribution in [0.1, 0.15) is 32.7 Å². The Balaban J connectivity index is 1.34. The maximum absolute atomic E-state index is 14.1. The fourth-order valence-electron chi connectivity index (χ4n) is 5.74. The van der Waals surface area contributed by atoms with Crippen molar-refractivity contribution in [2.24, 2.45) is 0 Å². The summed E-state index contributed by atoms with van der Waals surface area (Å²) in [5.41, 5.74) is 2.11. The molecule has 42 heavy (non-hydrogen) atoms. The van der Waals surface area contributed by atoms with E-state index in [2.05, 4.69) is 20.9 Å². The lowest BCUT2D eigenvalue weighted by atomic mass is 9.99. The number of carbonyl (C=O) groups is 1. The normalized spacial score (nSPS) is 18.0. The second kappa shape index (κ2) is 12.7. The van der Waals surface area contributed by atoms with Gasteiger partial charge in [-0.15, -0.1) is 0 Å². The van der Waals surface area contributed by atoms with Gasteiger partial charge < -0.3 is 14.4 Å². The monoisotopic (exact) mass is 586 g/mol. The summed E-state index contributed by atoms with van der Waals surface area (Å²) >= 11 is 0. The molecular formula is C31H34F4N4O3. The Morgan fingerprint density at radius 1 is 1.00 bits per heavy atom. The topological polar surface area (TPSA) is 58.1 Å². The Morgan fingerprint density at radius 3 is 2.57 bits per heavy atom. The Hall–Kier alpha value is -3.70. The molecule has 0 radical (unpaired) electrons. The lowest BCUT2D eigenvalue weighted by Crippen LogP contribution is -2.57. The highest BCUT2D eigenvalue weighted by Gasteiger charge is 2.35. The second-order valence-electron chi connectivity index (χ2n) is 10.7. The molecule has 1 atom stereocenters. The van der Waals surface area contributed by atoms with Crippen LogP contribution in [0.25, 0.3) is 0 Å². The molecule has 0 unspecified atom stereocenters. The molecule has 0 saturated carbocycles. The Labute approximate surface area is 242 Å². The molecule has 2 aliphatic rings. The number of benzene rings is 2. The first-order valence-electron chi connectivity index (χ1n) is 13.9. The van der Waals surface area contributed by atoms with Gasteiger partial charge in [-0.3, -0.25) is 19.6 Å². The molecule has 5 rings (SSSR count). The standard InChI is InChI=1S/C31H34F4N4O3/c1-41-26-17-23(16-24(18-26)31(33,34)35)30(40)39-13-12-38(11-10-37-9-7-28-22(19-37)4-3-8-36-28)20-25(39)14-21-5-6-27(32)29(15-21)42-2/h3-6,8,15-18,25H,7,9-14,19-20H2,1-2H3/t25-/m1/s1. The summed E-state index contributed by atoms with van der Waals surface area (Å²) in [6, 6.07) is 11.4. The van der Waals surface area contributed by atoms with Gasteiger partial charge in [0.25, 0.3) is 5.91 Å². The number of methoxy groups -OCH3 is 2. The van der Waals surface area contributed by atoms with E-state index in [1.807, 2.05) is 12.3 Å². The minimum atomic E-state index is -4.63. The molecule has 3 aromatic rings. The number of piperazine rings is 1. The number of hydrogen-bond acceptors (Lipinski definition) is 6. The van der Waals surface area contributed by atoms with E-state index in [9.17, 15) is 22.4 Å². The molecule has 2 aromatic carbocycles. The molecule has 1 amide bonds. The van der Waals surface area contributed by atoms with Gasteiger partial charge in [0.1, 0.15) is 5.75 Å². The number of hydrogen-bond donors (Lipinski definition) is 0. The molecule has 0 N–H and O–H groups in total. The first-order chi connectivity index (χ1) is 20.1. The first kappa shape index (κ1) is 29.8. The molecular weight excluding hydrogens is 552 g/mol. The molecule has 224 valence electrons. The molecule has 1 aromatic heterocycles. The van der Waals surface area contributed by atoms with Gasteiger partial charge in [0.2, 0.25) is 0 Å². The molecule has 7 nitrogen and oxygen atoms in total. The van der Waals surface area contributed by atoms with Crippen LogP contribution in [-0.4, -0.2) is 85.1 Å². The number of nitrogens with zero attached hydrogens (tertiary/aromatic N) is 4. The van der Waals surface area contributed by atoms with Crippen LogP contribution in [0.5, 0.6) is 11.5 Å². The zero-order chi connectivity index (χ0) is 29.9. The number of pyridine rings is 1. The van der Waals surface area contributed by atoms with Gasteiger partial charge in [0.05, 0.1) is 19.8 Å². The highest BCUT2D eigenvalue weighted by atomic mass is 19.4. The SMILES string of the molecule is COc1cc(C(=O)N2CCN(CCN3CCc4ncccc4C3)C[C@H]2Cc2ccc(F)c(OC)c2)cc(C(F)(F)F)c1. The average Bonchev–Trinajstić information content (AvgIpc) is 3.00. The van der Waals surface area contributed by atoms with E-state index in [1.54, 1.807) is 17.0 Å². The molecule has 1 fully saturated rings. The van der Waals surface area contributed by atoms with E-state index in [4.69, 9.17) is 9.47 Å². The Morgan fingerprint density at radius 2 is 1.81 bits per heavy atom. The first-order valence-corrected chi connectivity index (χ1v) is 13.9. The van der Waals surface area contributed by atoms with Crippen LogP contribution in [0.2, 0.25) is 0 Å². The third-order valence-corrected chi connectivity index (χ3v) is 8.01. The summed E-state index contributed by atoms with van der Waals surface area (Å²) in [5, 5.41) is 0. The van der Waals surface area contributed by atoms with Crippen LogP contribution < -0.4 is 9.47 Å². The third kappa shape index (κ3) is 6.84. The summed E-state index contributed by atoms with van der Waals surface area (Å²) in [4.78, 5) is 24.5. The predicted molar refractivity (Wildman–Crippen MR) is 149 cm³/mol. The van der Waals surface area contributed by atoms with Gasteiger partial charge in [-0.2, -0.15) is 13.2 Å². The Bertz CT molecular complexity index is 1420. The minimum absolute atomic E-state index is 0.0371. The molecule has 2 aliphatic heterocycles. The number of rotatable bonds is 8. The van der Waals surface area contributed by atoms with Gasteiger partial charge in [0, 0.05) is 75.7 Å². The van der Waals surface area contributed by atoms with Crippen molar-refractivity contribution in [2.75, 3.05) is 53.5 Å². The summed E-state index contributed by atoms with van der Waals surface area (Å²) in [6.45, 7) is 4.80. The Kier molecular flexibility index (Phi) is 8.98. The van der Waals surface area contributed by atoms with E-state index >= 15 is 0 Å². The van der Waals surface area contributed by atoms with Crippen molar-refractivity contribution in [3.8, 4) is 11.5 Å². The highest BCUT2D eigenvalue weighted by molar-refractivity contribution is 5.95. The quantitative estimate of drug-likeness (QED) is 0.358. The van der Waals surface area contributed by atoms with Crippen LogP contribution >= 0.6 is 0 Å². The number of aromatic nitrogens is 1. The summed E-state index contributed by atoms with van der Waals surface area (Å²) < 4.78 is 65.1. The van der Waals surface area contributed by atoms with Gasteiger partial charge in [-0.25, -0.2) is 4.39 Å². The number of fused-ring (bicyclic) bond motifs is 1. The lowest BCUT2D eigenvalue weighted by Gasteiger charge is -2.42. The summed E-state index contributed by atoms with van der Waals surface area (Å²) in [7, 11) is 2.65. The molecule has 0 bridgehead atoms. The van der Waals surface area contributed by atoms with Gasteiger partial charge in [-0.05, 0) is 53.9 Å². The van der Waals surface area contributed by atoms with Crippen LogP contribution in [0.4, 0.5) is 17.6 Å². The van der Waals surface area contributed by atoms with Crippen molar-refractivity contribution in [1.29, 1.82) is 0 Å².